The van der Waals surface area contributed by atoms with Gasteiger partial charge < -0.3 is 15.0 Å². The van der Waals surface area contributed by atoms with Crippen molar-refractivity contribution in [1.82, 2.24) is 5.32 Å². The predicted molar refractivity (Wildman–Crippen MR) is 139 cm³/mol. The number of hydrogen-bond donors (Lipinski definition) is 1. The molecule has 1 saturated carbocycles. The minimum absolute atomic E-state index is 0.00768. The molecule has 1 N–H and O–H groups in total. The minimum atomic E-state index is -0.887. The second-order valence-corrected chi connectivity index (χ2v) is 9.50. The zero-order valence-corrected chi connectivity index (χ0v) is 20.9. The van der Waals surface area contributed by atoms with Crippen LogP contribution in [0.2, 0.25) is 5.02 Å². The van der Waals surface area contributed by atoms with Crippen LogP contribution in [0.5, 0.6) is 0 Å². The van der Waals surface area contributed by atoms with E-state index in [1.54, 1.807) is 18.0 Å². The van der Waals surface area contributed by atoms with Gasteiger partial charge in [-0.05, 0) is 44.4 Å². The standard InChI is InChI=1S/C26H28ClN3O3S/c1-3-33-26(32)18-11-7-10-17(14-18)24(34)29-23-25(31)30(2)21-13-12-19(27)15-20(21)22(28-23)16-8-5-4-6-9-16/h4-6,8-9,12-13,15,17-18,23H,3,7,10-11,14H2,1-2H3,(H,29,34). The zero-order valence-electron chi connectivity index (χ0n) is 19.3. The van der Waals surface area contributed by atoms with E-state index >= 15 is 0 Å². The predicted octanol–water partition coefficient (Wildman–Crippen LogP) is 4.77. The Labute approximate surface area is 210 Å². The summed E-state index contributed by atoms with van der Waals surface area (Å²) in [5, 5.41) is 3.78. The average molecular weight is 498 g/mol. The number of halogens is 1. The van der Waals surface area contributed by atoms with Gasteiger partial charge in [-0.2, -0.15) is 0 Å². The van der Waals surface area contributed by atoms with E-state index in [2.05, 4.69) is 5.32 Å². The van der Waals surface area contributed by atoms with Gasteiger partial charge in [0.05, 0.1) is 28.9 Å². The highest BCUT2D eigenvalue weighted by Crippen LogP contribution is 2.32. The molecule has 3 atom stereocenters. The number of hydrogen-bond acceptors (Lipinski definition) is 5. The Morgan fingerprint density at radius 2 is 1.94 bits per heavy atom. The molecule has 0 spiro atoms. The van der Waals surface area contributed by atoms with Gasteiger partial charge in [-0.1, -0.05) is 60.6 Å². The number of fused-ring (bicyclic) bond motifs is 1. The number of rotatable bonds is 5. The largest absolute Gasteiger partial charge is 0.466 e. The lowest BCUT2D eigenvalue weighted by Gasteiger charge is -2.30. The summed E-state index contributed by atoms with van der Waals surface area (Å²) in [6.45, 7) is 2.18. The summed E-state index contributed by atoms with van der Waals surface area (Å²) in [7, 11) is 1.73. The molecule has 6 nitrogen and oxygen atoms in total. The van der Waals surface area contributed by atoms with Crippen LogP contribution in [0.3, 0.4) is 0 Å². The number of likely N-dealkylation sites (N-methyl/N-ethyl adjacent to an activating group) is 1. The molecular formula is C26H28ClN3O3S. The monoisotopic (exact) mass is 497 g/mol. The Balaban J connectivity index is 1.64. The Bertz CT molecular complexity index is 1120. The Hall–Kier alpha value is -2.77. The fraction of sp³-hybridized carbons (Fsp3) is 0.385. The van der Waals surface area contributed by atoms with Gasteiger partial charge in [0, 0.05) is 29.1 Å². The molecule has 178 valence electrons. The molecule has 1 amide bonds. The van der Waals surface area contributed by atoms with Gasteiger partial charge >= 0.3 is 5.97 Å². The molecular weight excluding hydrogens is 470 g/mol. The average Bonchev–Trinajstić information content (AvgIpc) is 2.95. The number of carbonyl (C=O) groups is 2. The maximum absolute atomic E-state index is 13.4. The van der Waals surface area contributed by atoms with Crippen molar-refractivity contribution in [2.45, 2.75) is 38.8 Å². The molecule has 0 radical (unpaired) electrons. The lowest BCUT2D eigenvalue weighted by Crippen LogP contribution is -2.48. The molecule has 0 aromatic heterocycles. The molecule has 2 aromatic rings. The second-order valence-electron chi connectivity index (χ2n) is 8.63. The van der Waals surface area contributed by atoms with E-state index in [1.807, 2.05) is 49.4 Å². The maximum Gasteiger partial charge on any atom is 0.308 e. The molecule has 1 aliphatic heterocycles. The topological polar surface area (TPSA) is 71.0 Å². The van der Waals surface area contributed by atoms with Gasteiger partial charge in [0.1, 0.15) is 0 Å². The molecule has 1 aliphatic carbocycles. The molecule has 8 heteroatoms. The molecule has 0 bridgehead atoms. The van der Waals surface area contributed by atoms with Crippen LogP contribution < -0.4 is 10.2 Å². The Morgan fingerprint density at radius 1 is 1.21 bits per heavy atom. The van der Waals surface area contributed by atoms with E-state index in [-0.39, 0.29) is 23.7 Å². The number of anilines is 1. The smallest absolute Gasteiger partial charge is 0.308 e. The lowest BCUT2D eigenvalue weighted by atomic mass is 9.81. The summed E-state index contributed by atoms with van der Waals surface area (Å²) < 4.78 is 5.22. The maximum atomic E-state index is 13.4. The van der Waals surface area contributed by atoms with E-state index in [1.165, 1.54) is 0 Å². The number of nitrogens with one attached hydrogen (secondary N) is 1. The molecule has 2 aliphatic rings. The van der Waals surface area contributed by atoms with Crippen LogP contribution in [0.25, 0.3) is 0 Å². The summed E-state index contributed by atoms with van der Waals surface area (Å²) >= 11 is 12.1. The van der Waals surface area contributed by atoms with Crippen LogP contribution in [0.15, 0.2) is 53.5 Å². The molecule has 3 unspecified atom stereocenters. The van der Waals surface area contributed by atoms with Crippen LogP contribution in [-0.2, 0) is 14.3 Å². The highest BCUT2D eigenvalue weighted by Gasteiger charge is 2.34. The highest BCUT2D eigenvalue weighted by molar-refractivity contribution is 7.80. The molecule has 0 saturated heterocycles. The Kier molecular flexibility index (Phi) is 7.63. The van der Waals surface area contributed by atoms with Crippen molar-refractivity contribution in [2.75, 3.05) is 18.6 Å². The van der Waals surface area contributed by atoms with Gasteiger partial charge in [0.25, 0.3) is 5.91 Å². The SMILES string of the molecule is CCOC(=O)C1CCCC(C(=S)NC2N=C(c3ccccc3)c3cc(Cl)ccc3N(C)C2=O)C1. The third-order valence-corrected chi connectivity index (χ3v) is 7.08. The van der Waals surface area contributed by atoms with Crippen LogP contribution in [0, 0.1) is 11.8 Å². The Morgan fingerprint density at radius 3 is 2.68 bits per heavy atom. The summed E-state index contributed by atoms with van der Waals surface area (Å²) in [6.07, 6.45) is 2.28. The van der Waals surface area contributed by atoms with Crippen LogP contribution in [0.4, 0.5) is 5.69 Å². The summed E-state index contributed by atoms with van der Waals surface area (Å²) in [5.74, 6) is -0.556. The number of carbonyl (C=O) groups excluding carboxylic acids is 2. The molecule has 34 heavy (non-hydrogen) atoms. The van der Waals surface area contributed by atoms with E-state index in [9.17, 15) is 9.59 Å². The normalized spacial score (nSPS) is 22.3. The number of amides is 1. The van der Waals surface area contributed by atoms with Crippen molar-refractivity contribution < 1.29 is 14.3 Å². The third-order valence-electron chi connectivity index (χ3n) is 6.39. The van der Waals surface area contributed by atoms with Gasteiger partial charge in [-0.15, -0.1) is 0 Å². The van der Waals surface area contributed by atoms with Crippen molar-refractivity contribution >= 4 is 52.1 Å². The fourth-order valence-electron chi connectivity index (χ4n) is 4.62. The van der Waals surface area contributed by atoms with Crippen molar-refractivity contribution in [2.24, 2.45) is 16.8 Å². The number of aliphatic imine (C=N–C) groups is 1. The number of esters is 1. The van der Waals surface area contributed by atoms with Gasteiger partial charge in [-0.3, -0.25) is 9.59 Å². The summed E-state index contributed by atoms with van der Waals surface area (Å²) in [6, 6.07) is 15.2. The van der Waals surface area contributed by atoms with Crippen LogP contribution >= 0.6 is 23.8 Å². The van der Waals surface area contributed by atoms with Crippen molar-refractivity contribution in [1.29, 1.82) is 0 Å². The van der Waals surface area contributed by atoms with Crippen molar-refractivity contribution in [3.63, 3.8) is 0 Å². The highest BCUT2D eigenvalue weighted by atomic mass is 35.5. The molecule has 1 fully saturated rings. The second kappa shape index (κ2) is 10.7. The van der Waals surface area contributed by atoms with Gasteiger partial charge in [-0.25, -0.2) is 4.99 Å². The first-order valence-corrected chi connectivity index (χ1v) is 12.4. The van der Waals surface area contributed by atoms with E-state index in [0.717, 1.165) is 36.1 Å². The number of thiocarbonyl (C=S) groups is 1. The lowest BCUT2D eigenvalue weighted by molar-refractivity contribution is -0.149. The quantitative estimate of drug-likeness (QED) is 0.476. The number of nitrogens with zero attached hydrogens (tertiary/aromatic N) is 2. The zero-order chi connectivity index (χ0) is 24.2. The van der Waals surface area contributed by atoms with E-state index in [0.29, 0.717) is 28.8 Å². The first-order chi connectivity index (χ1) is 16.4. The summed E-state index contributed by atoms with van der Waals surface area (Å²) in [5.41, 5.74) is 3.06. The van der Waals surface area contributed by atoms with Gasteiger partial charge in [0.2, 0.25) is 0 Å². The molecule has 2 aromatic carbocycles. The number of benzodiazepines with no additional fused rings is 1. The van der Waals surface area contributed by atoms with Crippen LogP contribution in [-0.4, -0.2) is 42.4 Å². The third kappa shape index (κ3) is 5.15. The number of ether oxygens (including phenoxy) is 1. The minimum Gasteiger partial charge on any atom is -0.466 e. The summed E-state index contributed by atoms with van der Waals surface area (Å²) in [4.78, 5) is 32.7. The first-order valence-electron chi connectivity index (χ1n) is 11.6. The van der Waals surface area contributed by atoms with Gasteiger partial charge in [0.15, 0.2) is 6.17 Å². The van der Waals surface area contributed by atoms with E-state index in [4.69, 9.17) is 33.5 Å². The van der Waals surface area contributed by atoms with Crippen LogP contribution in [0.1, 0.15) is 43.7 Å². The number of benzene rings is 2. The van der Waals surface area contributed by atoms with Crippen molar-refractivity contribution in [3.8, 4) is 0 Å². The fourth-order valence-corrected chi connectivity index (χ4v) is 5.12. The van der Waals surface area contributed by atoms with E-state index < -0.39 is 6.17 Å². The van der Waals surface area contributed by atoms with Crippen molar-refractivity contribution in [3.05, 3.63) is 64.7 Å². The molecule has 4 rings (SSSR count). The molecule has 1 heterocycles. The first kappa shape index (κ1) is 24.4.